The first kappa shape index (κ1) is 18.0. The predicted molar refractivity (Wildman–Crippen MR) is 117 cm³/mol. The molecule has 0 aliphatic rings. The van der Waals surface area contributed by atoms with E-state index in [0.29, 0.717) is 11.4 Å². The summed E-state index contributed by atoms with van der Waals surface area (Å²) in [6.07, 6.45) is 0. The monoisotopic (exact) mass is 396 g/mol. The molecule has 6 nitrogen and oxygen atoms in total. The molecule has 0 bridgehead atoms. The molecule has 5 aromatic rings. The van der Waals surface area contributed by atoms with Crippen LogP contribution in [0.3, 0.4) is 0 Å². The zero-order valence-electron chi connectivity index (χ0n) is 16.3. The van der Waals surface area contributed by atoms with Gasteiger partial charge in [-0.05, 0) is 49.2 Å². The standard InChI is InChI=1S/C24H16N2O4/c1-13-7-3-5-9-19(13)25-21(27)15-11-17-18(12-16(15)22(25)28)24(30)26(23(17)29)20-10-6-4-8-14(20)2/h3-12H,1-2H3. The largest absolute Gasteiger partial charge is 0.268 e. The van der Waals surface area contributed by atoms with E-state index in [1.165, 1.54) is 12.1 Å². The fraction of sp³-hybridized carbons (Fsp3) is 0.0833. The maximum Gasteiger partial charge on any atom is 0.266 e. The zero-order chi connectivity index (χ0) is 21.2. The summed E-state index contributed by atoms with van der Waals surface area (Å²) < 4.78 is 2.20. The third kappa shape index (κ3) is 2.30. The molecule has 2 aromatic heterocycles. The Hall–Kier alpha value is -4.06. The maximum absolute atomic E-state index is 13.0. The Morgan fingerprint density at radius 3 is 1.10 bits per heavy atom. The highest BCUT2D eigenvalue weighted by atomic mass is 16.2. The fourth-order valence-electron chi connectivity index (χ4n) is 4.04. The molecule has 0 atom stereocenters. The highest BCUT2D eigenvalue weighted by Gasteiger charge is 2.21. The van der Waals surface area contributed by atoms with Crippen LogP contribution in [0, 0.1) is 13.8 Å². The second kappa shape index (κ2) is 6.22. The van der Waals surface area contributed by atoms with Gasteiger partial charge in [-0.2, -0.15) is 0 Å². The van der Waals surface area contributed by atoms with Crippen LogP contribution < -0.4 is 22.2 Å². The number of nitrogens with zero attached hydrogens (tertiary/aromatic N) is 2. The van der Waals surface area contributed by atoms with Crippen LogP contribution in [0.2, 0.25) is 0 Å². The Morgan fingerprint density at radius 1 is 0.500 bits per heavy atom. The molecule has 6 heteroatoms. The smallest absolute Gasteiger partial charge is 0.266 e. The summed E-state index contributed by atoms with van der Waals surface area (Å²) in [4.78, 5) is 52.2. The van der Waals surface area contributed by atoms with Crippen molar-refractivity contribution in [3.63, 3.8) is 0 Å². The van der Waals surface area contributed by atoms with Gasteiger partial charge in [0.05, 0.1) is 32.9 Å². The average Bonchev–Trinajstić information content (AvgIpc) is 3.12. The first-order valence-electron chi connectivity index (χ1n) is 9.47. The van der Waals surface area contributed by atoms with Gasteiger partial charge in [-0.15, -0.1) is 0 Å². The molecule has 0 saturated heterocycles. The van der Waals surface area contributed by atoms with Crippen molar-refractivity contribution in [1.82, 2.24) is 9.13 Å². The van der Waals surface area contributed by atoms with Crippen molar-refractivity contribution in [1.29, 1.82) is 0 Å². The molecule has 0 radical (unpaired) electrons. The van der Waals surface area contributed by atoms with Crippen LogP contribution in [0.1, 0.15) is 11.1 Å². The molecule has 0 saturated carbocycles. The lowest BCUT2D eigenvalue weighted by atomic mass is 10.1. The van der Waals surface area contributed by atoms with Gasteiger partial charge in [0.2, 0.25) is 0 Å². The molecule has 0 aliphatic carbocycles. The Morgan fingerprint density at radius 2 is 0.800 bits per heavy atom. The molecule has 146 valence electrons. The molecule has 5 rings (SSSR count). The quantitative estimate of drug-likeness (QED) is 0.459. The van der Waals surface area contributed by atoms with Crippen molar-refractivity contribution in [2.75, 3.05) is 0 Å². The molecule has 0 aliphatic heterocycles. The lowest BCUT2D eigenvalue weighted by molar-refractivity contribution is 0.975. The van der Waals surface area contributed by atoms with Crippen molar-refractivity contribution >= 4 is 21.5 Å². The van der Waals surface area contributed by atoms with E-state index in [9.17, 15) is 19.2 Å². The zero-order valence-corrected chi connectivity index (χ0v) is 16.3. The highest BCUT2D eigenvalue weighted by Crippen LogP contribution is 2.19. The van der Waals surface area contributed by atoms with Crippen molar-refractivity contribution in [3.8, 4) is 11.4 Å². The van der Waals surface area contributed by atoms with Crippen LogP contribution in [0.25, 0.3) is 32.9 Å². The summed E-state index contributed by atoms with van der Waals surface area (Å²) in [5.74, 6) is 0. The second-order valence-corrected chi connectivity index (χ2v) is 7.41. The fourth-order valence-corrected chi connectivity index (χ4v) is 4.04. The molecule has 3 aromatic carbocycles. The third-order valence-corrected chi connectivity index (χ3v) is 5.60. The van der Waals surface area contributed by atoms with Gasteiger partial charge in [0.1, 0.15) is 0 Å². The molecular formula is C24H16N2O4. The SMILES string of the molecule is Cc1ccccc1-n1c(=O)c2cc3c(=O)n(-c4ccccc4C)c(=O)c3cc2c1=O. The highest BCUT2D eigenvalue weighted by molar-refractivity contribution is 5.98. The minimum Gasteiger partial charge on any atom is -0.268 e. The van der Waals surface area contributed by atoms with Crippen LogP contribution >= 0.6 is 0 Å². The van der Waals surface area contributed by atoms with E-state index in [-0.39, 0.29) is 21.5 Å². The molecule has 2 heterocycles. The van der Waals surface area contributed by atoms with Gasteiger partial charge in [-0.1, -0.05) is 36.4 Å². The Labute approximate surface area is 169 Å². The summed E-state index contributed by atoms with van der Waals surface area (Å²) in [5, 5.41) is 0.536. The van der Waals surface area contributed by atoms with E-state index < -0.39 is 22.2 Å². The predicted octanol–water partition coefficient (Wildman–Crippen LogP) is 2.51. The van der Waals surface area contributed by atoms with Crippen LogP contribution in [0.5, 0.6) is 0 Å². The number of fused-ring (bicyclic) bond motifs is 2. The molecule has 0 N–H and O–H groups in total. The minimum absolute atomic E-state index is 0.134. The van der Waals surface area contributed by atoms with Crippen molar-refractivity contribution < 1.29 is 0 Å². The summed E-state index contributed by atoms with van der Waals surface area (Å²) >= 11 is 0. The van der Waals surface area contributed by atoms with Crippen LogP contribution in [-0.4, -0.2) is 9.13 Å². The van der Waals surface area contributed by atoms with Gasteiger partial charge in [0.25, 0.3) is 22.2 Å². The van der Waals surface area contributed by atoms with Gasteiger partial charge in [-0.25, -0.2) is 9.13 Å². The molecule has 0 spiro atoms. The second-order valence-electron chi connectivity index (χ2n) is 7.41. The molecule has 0 unspecified atom stereocenters. The van der Waals surface area contributed by atoms with E-state index >= 15 is 0 Å². The first-order valence-corrected chi connectivity index (χ1v) is 9.47. The lowest BCUT2D eigenvalue weighted by Crippen LogP contribution is -2.24. The Kier molecular flexibility index (Phi) is 3.73. The van der Waals surface area contributed by atoms with Gasteiger partial charge in [0.15, 0.2) is 0 Å². The van der Waals surface area contributed by atoms with Gasteiger partial charge >= 0.3 is 0 Å². The number of hydrogen-bond donors (Lipinski definition) is 0. The number of para-hydroxylation sites is 2. The third-order valence-electron chi connectivity index (χ3n) is 5.60. The normalized spacial score (nSPS) is 11.5. The maximum atomic E-state index is 13.0. The lowest BCUT2D eigenvalue weighted by Gasteiger charge is -2.04. The molecule has 0 amide bonds. The van der Waals surface area contributed by atoms with E-state index in [1.807, 2.05) is 38.1 Å². The molecular weight excluding hydrogens is 380 g/mol. The topological polar surface area (TPSA) is 78.1 Å². The minimum atomic E-state index is -0.498. The van der Waals surface area contributed by atoms with Crippen LogP contribution in [0.15, 0.2) is 79.8 Å². The number of hydrogen-bond acceptors (Lipinski definition) is 4. The summed E-state index contributed by atoms with van der Waals surface area (Å²) in [7, 11) is 0. The summed E-state index contributed by atoms with van der Waals surface area (Å²) in [6.45, 7) is 3.62. The summed E-state index contributed by atoms with van der Waals surface area (Å²) in [6, 6.07) is 16.9. The molecule has 30 heavy (non-hydrogen) atoms. The van der Waals surface area contributed by atoms with E-state index in [2.05, 4.69) is 0 Å². The van der Waals surface area contributed by atoms with Crippen LogP contribution in [0.4, 0.5) is 0 Å². The molecule has 0 fully saturated rings. The Bertz CT molecular complexity index is 1490. The average molecular weight is 396 g/mol. The van der Waals surface area contributed by atoms with Gasteiger partial charge in [0, 0.05) is 0 Å². The Balaban J connectivity index is 1.89. The summed E-state index contributed by atoms with van der Waals surface area (Å²) in [5.41, 5.74) is 0.535. The number of aromatic nitrogens is 2. The van der Waals surface area contributed by atoms with Crippen molar-refractivity contribution in [3.05, 3.63) is 113 Å². The van der Waals surface area contributed by atoms with E-state index in [4.69, 9.17) is 0 Å². The van der Waals surface area contributed by atoms with Gasteiger partial charge < -0.3 is 0 Å². The first-order chi connectivity index (χ1) is 14.4. The van der Waals surface area contributed by atoms with Crippen LogP contribution in [-0.2, 0) is 0 Å². The van der Waals surface area contributed by atoms with Crippen molar-refractivity contribution in [2.24, 2.45) is 0 Å². The van der Waals surface area contributed by atoms with E-state index in [0.717, 1.165) is 20.3 Å². The number of benzene rings is 3. The number of aryl methyl sites for hydroxylation is 2. The van der Waals surface area contributed by atoms with E-state index in [1.54, 1.807) is 24.3 Å². The van der Waals surface area contributed by atoms with Gasteiger partial charge in [-0.3, -0.25) is 19.2 Å². The van der Waals surface area contributed by atoms with Crippen molar-refractivity contribution in [2.45, 2.75) is 13.8 Å². The number of rotatable bonds is 2.